The van der Waals surface area contributed by atoms with Crippen LogP contribution in [-0.2, 0) is 42.2 Å². The van der Waals surface area contributed by atoms with Crippen LogP contribution in [0.15, 0.2) is 12.1 Å². The summed E-state index contributed by atoms with van der Waals surface area (Å²) in [6.45, 7) is 8.30. The fourth-order valence-corrected chi connectivity index (χ4v) is 2.61. The number of rotatable bonds is 11. The predicted molar refractivity (Wildman–Crippen MR) is 116 cm³/mol. The van der Waals surface area contributed by atoms with Crippen LogP contribution in [-0.4, -0.2) is 26.1 Å². The minimum atomic E-state index is -0.516. The van der Waals surface area contributed by atoms with E-state index in [4.69, 9.17) is 9.47 Å². The summed E-state index contributed by atoms with van der Waals surface area (Å²) in [4.78, 5) is 23.6. The Balaban J connectivity index is 0. The molecule has 0 aliphatic heterocycles. The number of carbonyl (C=O) groups is 2. The summed E-state index contributed by atoms with van der Waals surface area (Å²) >= 11 is 0. The Morgan fingerprint density at radius 3 is 2.00 bits per heavy atom. The predicted octanol–water partition coefficient (Wildman–Crippen LogP) is 6.10. The van der Waals surface area contributed by atoms with Gasteiger partial charge in [0, 0.05) is 32.7 Å². The zero-order chi connectivity index (χ0) is 21.4. The Morgan fingerprint density at radius 2 is 1.55 bits per heavy atom. The van der Waals surface area contributed by atoms with E-state index in [0.717, 1.165) is 12.0 Å². The zero-order valence-electron chi connectivity index (χ0n) is 19.1. The molecule has 0 heterocycles. The Kier molecular flexibility index (Phi) is 19.7. The summed E-state index contributed by atoms with van der Waals surface area (Å²) in [5, 5.41) is 2.73. The van der Waals surface area contributed by atoms with Crippen LogP contribution in [0, 0.1) is 13.3 Å². The van der Waals surface area contributed by atoms with E-state index in [1.807, 2.05) is 6.92 Å². The number of esters is 1. The summed E-state index contributed by atoms with van der Waals surface area (Å²) in [6.07, 6.45) is 11.6. The van der Waals surface area contributed by atoms with E-state index in [-0.39, 0.29) is 44.2 Å². The van der Waals surface area contributed by atoms with Gasteiger partial charge >= 0.3 is 5.97 Å². The quantitative estimate of drug-likeness (QED) is 0.236. The summed E-state index contributed by atoms with van der Waals surface area (Å²) in [7, 11) is 2.81. The molecule has 1 aromatic rings. The molecule has 0 saturated heterocycles. The van der Waals surface area contributed by atoms with Gasteiger partial charge in [-0.1, -0.05) is 65.7 Å². The van der Waals surface area contributed by atoms with Crippen LogP contribution in [0.1, 0.15) is 88.1 Å². The first-order valence-electron chi connectivity index (χ1n) is 10.4. The maximum absolute atomic E-state index is 11.8. The smallest absolute Gasteiger partial charge is 0.340 e. The van der Waals surface area contributed by atoms with Gasteiger partial charge in [0.25, 0.3) is 0 Å². The molecular weight excluding hydrogens is 443 g/mol. The molecule has 5 nitrogen and oxygen atoms in total. The average molecular weight is 481 g/mol. The Hall–Kier alpha value is -1.07. The van der Waals surface area contributed by atoms with Crippen molar-refractivity contribution in [2.24, 2.45) is 0 Å². The summed E-state index contributed by atoms with van der Waals surface area (Å²) in [5.41, 5.74) is 1.47. The van der Waals surface area contributed by atoms with Crippen LogP contribution in [0.5, 0.6) is 5.75 Å². The van der Waals surface area contributed by atoms with E-state index in [0.29, 0.717) is 17.9 Å². The van der Waals surface area contributed by atoms with Crippen molar-refractivity contribution in [3.05, 3.63) is 29.7 Å². The molecule has 1 rings (SSSR count). The number of benzene rings is 1. The Labute approximate surface area is 202 Å². The van der Waals surface area contributed by atoms with Gasteiger partial charge in [0.1, 0.15) is 5.75 Å². The molecule has 6 heteroatoms. The molecule has 0 spiro atoms. The standard InChI is InChI=1S/C15H20NO4.C8H18.Y/c1-5-6-7-13(17)16-14-10(2)8-11(19-3)9-12(14)15(18)20-4;1-3-5-7-8-6-4-2;/h7-9H,5-6H2,1-4H3,(H,16,17);3-8H2,1-2H3;/q-1;;. The van der Waals surface area contributed by atoms with Crippen LogP contribution in [0.4, 0.5) is 5.69 Å². The molecule has 0 fully saturated rings. The summed E-state index contributed by atoms with van der Waals surface area (Å²) in [5.74, 6) is -0.207. The van der Waals surface area contributed by atoms with Crippen molar-refractivity contribution in [3.63, 3.8) is 0 Å². The second-order valence-electron chi connectivity index (χ2n) is 6.75. The van der Waals surface area contributed by atoms with E-state index < -0.39 is 5.97 Å². The van der Waals surface area contributed by atoms with Crippen molar-refractivity contribution < 1.29 is 51.8 Å². The van der Waals surface area contributed by atoms with Gasteiger partial charge in [-0.3, -0.25) is 0 Å². The average Bonchev–Trinajstić information content (AvgIpc) is 2.70. The van der Waals surface area contributed by atoms with Crippen molar-refractivity contribution in [1.29, 1.82) is 0 Å². The van der Waals surface area contributed by atoms with E-state index >= 15 is 0 Å². The van der Waals surface area contributed by atoms with Gasteiger partial charge in [0.05, 0.1) is 31.4 Å². The zero-order valence-corrected chi connectivity index (χ0v) is 21.9. The van der Waals surface area contributed by atoms with Gasteiger partial charge in [-0.2, -0.15) is 6.42 Å². The molecule has 1 aromatic carbocycles. The van der Waals surface area contributed by atoms with Gasteiger partial charge in [-0.25, -0.2) is 4.79 Å². The van der Waals surface area contributed by atoms with Crippen molar-refractivity contribution in [2.75, 3.05) is 19.5 Å². The molecular formula is C23H38NO4Y-. The number of nitrogens with one attached hydrogen (secondary N) is 1. The van der Waals surface area contributed by atoms with Crippen LogP contribution < -0.4 is 10.1 Å². The van der Waals surface area contributed by atoms with Crippen molar-refractivity contribution >= 4 is 17.6 Å². The molecule has 1 radical (unpaired) electrons. The molecule has 0 aliphatic rings. The number of methoxy groups -OCH3 is 2. The normalized spacial score (nSPS) is 9.45. The fourth-order valence-electron chi connectivity index (χ4n) is 2.61. The van der Waals surface area contributed by atoms with Crippen LogP contribution in [0.25, 0.3) is 0 Å². The second kappa shape index (κ2) is 18.9. The number of hydrogen-bond acceptors (Lipinski definition) is 4. The first-order chi connectivity index (χ1) is 13.4. The summed E-state index contributed by atoms with van der Waals surface area (Å²) in [6, 6.07) is 3.30. The van der Waals surface area contributed by atoms with E-state index in [1.165, 1.54) is 52.7 Å². The van der Waals surface area contributed by atoms with Crippen LogP contribution >= 0.6 is 0 Å². The second-order valence-corrected chi connectivity index (χ2v) is 6.75. The number of hydrogen-bond donors (Lipinski definition) is 1. The molecule has 0 aromatic heterocycles. The molecule has 0 saturated carbocycles. The number of anilines is 1. The molecule has 0 bridgehead atoms. The van der Waals surface area contributed by atoms with Gasteiger partial charge in [-0.05, 0) is 24.6 Å². The van der Waals surface area contributed by atoms with Crippen molar-refractivity contribution in [1.82, 2.24) is 0 Å². The maximum Gasteiger partial charge on any atom is 0.340 e. The fraction of sp³-hybridized carbons (Fsp3) is 0.609. The number of unbranched alkanes of at least 4 members (excludes halogenated alkanes) is 6. The minimum Gasteiger partial charge on any atom is -0.497 e. The van der Waals surface area contributed by atoms with Crippen LogP contribution in [0.3, 0.4) is 0 Å². The number of ether oxygens (including phenoxy) is 2. The van der Waals surface area contributed by atoms with Gasteiger partial charge in [0.2, 0.25) is 0 Å². The maximum atomic E-state index is 11.8. The first kappa shape index (κ1) is 30.1. The van der Waals surface area contributed by atoms with Crippen molar-refractivity contribution in [2.45, 2.75) is 79.1 Å². The SMILES string of the molecule is CCCCCCCC.CCC[CH-]C(=O)Nc1c(C)cc(OC)cc1C(=O)OC.[Y]. The number of carbonyl (C=O) groups excluding carboxylic acids is 2. The third-order valence-corrected chi connectivity index (χ3v) is 4.27. The topological polar surface area (TPSA) is 64.6 Å². The monoisotopic (exact) mass is 481 g/mol. The number of amides is 1. The number of aryl methyl sites for hydroxylation is 1. The first-order valence-corrected chi connectivity index (χ1v) is 10.4. The third-order valence-electron chi connectivity index (χ3n) is 4.27. The molecule has 1 N–H and O–H groups in total. The Bertz CT molecular complexity index is 584. The third kappa shape index (κ3) is 13.0. The molecule has 29 heavy (non-hydrogen) atoms. The Morgan fingerprint density at radius 1 is 0.966 bits per heavy atom. The van der Waals surface area contributed by atoms with E-state index in [1.54, 1.807) is 25.5 Å². The van der Waals surface area contributed by atoms with E-state index in [2.05, 4.69) is 19.2 Å². The molecule has 163 valence electrons. The van der Waals surface area contributed by atoms with Crippen LogP contribution in [0.2, 0.25) is 0 Å². The molecule has 1 amide bonds. The van der Waals surface area contributed by atoms with Gasteiger partial charge in [0.15, 0.2) is 0 Å². The van der Waals surface area contributed by atoms with Gasteiger partial charge in [-0.15, -0.1) is 0 Å². The molecule has 0 atom stereocenters. The minimum absolute atomic E-state index is 0. The van der Waals surface area contributed by atoms with Gasteiger partial charge < -0.3 is 26.0 Å². The summed E-state index contributed by atoms with van der Waals surface area (Å²) < 4.78 is 9.87. The molecule has 0 unspecified atom stereocenters. The largest absolute Gasteiger partial charge is 0.497 e. The molecule has 0 aliphatic carbocycles. The van der Waals surface area contributed by atoms with Crippen molar-refractivity contribution in [3.8, 4) is 5.75 Å². The van der Waals surface area contributed by atoms with E-state index in [9.17, 15) is 9.59 Å².